The summed E-state index contributed by atoms with van der Waals surface area (Å²) in [5.74, 6) is 0.490. The minimum atomic E-state index is -0.0159. The van der Waals surface area contributed by atoms with E-state index in [0.29, 0.717) is 5.92 Å². The maximum atomic E-state index is 11.4. The summed E-state index contributed by atoms with van der Waals surface area (Å²) in [7, 11) is 1.86. The predicted molar refractivity (Wildman–Crippen MR) is 57.6 cm³/mol. The lowest BCUT2D eigenvalue weighted by molar-refractivity contribution is 0.781. The van der Waals surface area contributed by atoms with Crippen molar-refractivity contribution in [1.29, 1.82) is 0 Å². The fourth-order valence-electron chi connectivity index (χ4n) is 1.65. The molecule has 0 radical (unpaired) electrons. The zero-order valence-electron chi connectivity index (χ0n) is 8.66. The summed E-state index contributed by atoms with van der Waals surface area (Å²) >= 11 is 0. The van der Waals surface area contributed by atoms with Gasteiger partial charge in [0, 0.05) is 7.05 Å². The Morgan fingerprint density at radius 1 is 1.36 bits per heavy atom. The van der Waals surface area contributed by atoms with Gasteiger partial charge < -0.3 is 0 Å². The number of aromatic nitrogens is 2. The van der Waals surface area contributed by atoms with E-state index >= 15 is 0 Å². The van der Waals surface area contributed by atoms with E-state index in [1.165, 1.54) is 5.56 Å². The van der Waals surface area contributed by atoms with Gasteiger partial charge in [0.2, 0.25) is 0 Å². The molecule has 0 bridgehead atoms. The van der Waals surface area contributed by atoms with E-state index in [2.05, 4.69) is 25.0 Å². The first-order chi connectivity index (χ1) is 6.59. The maximum absolute atomic E-state index is 11.4. The molecule has 0 unspecified atom stereocenters. The molecule has 14 heavy (non-hydrogen) atoms. The Kier molecular flexibility index (Phi) is 1.95. The first-order valence-electron chi connectivity index (χ1n) is 4.78. The zero-order chi connectivity index (χ0) is 10.3. The van der Waals surface area contributed by atoms with Crippen molar-refractivity contribution in [3.63, 3.8) is 0 Å². The summed E-state index contributed by atoms with van der Waals surface area (Å²) in [6, 6.07) is 5.98. The summed E-state index contributed by atoms with van der Waals surface area (Å²) in [5.41, 5.74) is 2.21. The molecule has 3 heteroatoms. The average molecular weight is 190 g/mol. The van der Waals surface area contributed by atoms with Crippen LogP contribution in [0.1, 0.15) is 25.3 Å². The van der Waals surface area contributed by atoms with Gasteiger partial charge in [0.1, 0.15) is 0 Å². The number of nitrogens with one attached hydrogen (secondary N) is 1. The summed E-state index contributed by atoms with van der Waals surface area (Å²) in [5, 5.41) is 3.50. The second-order valence-corrected chi connectivity index (χ2v) is 3.93. The number of hydrogen-bond acceptors (Lipinski definition) is 1. The molecule has 0 atom stereocenters. The Bertz CT molecular complexity index is 520. The van der Waals surface area contributed by atoms with Crippen molar-refractivity contribution in [3.8, 4) is 0 Å². The summed E-state index contributed by atoms with van der Waals surface area (Å²) < 4.78 is 1.77. The number of aromatic amines is 1. The fourth-order valence-corrected chi connectivity index (χ4v) is 1.65. The van der Waals surface area contributed by atoms with Gasteiger partial charge in [0.05, 0.1) is 10.9 Å². The molecule has 0 amide bonds. The van der Waals surface area contributed by atoms with Gasteiger partial charge in [-0.2, -0.15) is 0 Å². The maximum Gasteiger partial charge on any atom is 0.271 e. The van der Waals surface area contributed by atoms with E-state index in [4.69, 9.17) is 0 Å². The normalized spacial score (nSPS) is 11.4. The molecule has 74 valence electrons. The molecule has 1 aromatic heterocycles. The number of aryl methyl sites for hydroxylation is 1. The van der Waals surface area contributed by atoms with E-state index < -0.39 is 0 Å². The Morgan fingerprint density at radius 2 is 2.07 bits per heavy atom. The molecule has 1 heterocycles. The third-order valence-corrected chi connectivity index (χ3v) is 2.56. The van der Waals surface area contributed by atoms with Crippen molar-refractivity contribution in [2.45, 2.75) is 19.8 Å². The lowest BCUT2D eigenvalue weighted by atomic mass is 10.0. The highest BCUT2D eigenvalue weighted by Gasteiger charge is 2.06. The van der Waals surface area contributed by atoms with Crippen LogP contribution in [0.4, 0.5) is 0 Å². The van der Waals surface area contributed by atoms with E-state index in [0.717, 1.165) is 10.9 Å². The van der Waals surface area contributed by atoms with Crippen molar-refractivity contribution in [2.75, 3.05) is 0 Å². The predicted octanol–water partition coefficient (Wildman–Crippen LogP) is 1.99. The van der Waals surface area contributed by atoms with Crippen molar-refractivity contribution < 1.29 is 0 Å². The minimum Gasteiger partial charge on any atom is -0.288 e. The van der Waals surface area contributed by atoms with Crippen LogP contribution in [0.3, 0.4) is 0 Å². The second-order valence-electron chi connectivity index (χ2n) is 3.93. The fraction of sp³-hybridized carbons (Fsp3) is 0.364. The van der Waals surface area contributed by atoms with Crippen molar-refractivity contribution in [3.05, 3.63) is 34.1 Å². The van der Waals surface area contributed by atoms with Gasteiger partial charge >= 0.3 is 0 Å². The quantitative estimate of drug-likeness (QED) is 0.733. The van der Waals surface area contributed by atoms with Crippen LogP contribution < -0.4 is 5.56 Å². The molecule has 0 saturated heterocycles. The van der Waals surface area contributed by atoms with Crippen LogP contribution in [0, 0.1) is 0 Å². The zero-order valence-corrected chi connectivity index (χ0v) is 8.66. The summed E-state index contributed by atoms with van der Waals surface area (Å²) in [4.78, 5) is 11.4. The Morgan fingerprint density at radius 3 is 2.71 bits per heavy atom. The first-order valence-corrected chi connectivity index (χ1v) is 4.78. The summed E-state index contributed by atoms with van der Waals surface area (Å²) in [6.07, 6.45) is 0. The van der Waals surface area contributed by atoms with Gasteiger partial charge in [-0.3, -0.25) is 14.6 Å². The Labute approximate surface area is 82.3 Å². The SMILES string of the molecule is CC(C)c1ccc2c(=O)[nH]n(C)c2c1. The molecule has 0 spiro atoms. The van der Waals surface area contributed by atoms with Gasteiger partial charge in [0.15, 0.2) is 0 Å². The van der Waals surface area contributed by atoms with Crippen LogP contribution in [-0.4, -0.2) is 9.78 Å². The van der Waals surface area contributed by atoms with Crippen LogP contribution >= 0.6 is 0 Å². The molecule has 1 N–H and O–H groups in total. The highest BCUT2D eigenvalue weighted by Crippen LogP contribution is 2.18. The van der Waals surface area contributed by atoms with Crippen LogP contribution in [0.25, 0.3) is 10.9 Å². The van der Waals surface area contributed by atoms with Crippen molar-refractivity contribution in [2.24, 2.45) is 7.05 Å². The van der Waals surface area contributed by atoms with Gasteiger partial charge in [0.25, 0.3) is 5.56 Å². The average Bonchev–Trinajstić information content (AvgIpc) is 2.42. The molecule has 2 aromatic rings. The third-order valence-electron chi connectivity index (χ3n) is 2.56. The van der Waals surface area contributed by atoms with Crippen molar-refractivity contribution >= 4 is 10.9 Å². The molecule has 1 aromatic carbocycles. The highest BCUT2D eigenvalue weighted by molar-refractivity contribution is 5.79. The van der Waals surface area contributed by atoms with E-state index in [9.17, 15) is 4.79 Å². The van der Waals surface area contributed by atoms with Crippen LogP contribution in [0.5, 0.6) is 0 Å². The third kappa shape index (κ3) is 1.25. The largest absolute Gasteiger partial charge is 0.288 e. The molecule has 0 saturated carbocycles. The van der Waals surface area contributed by atoms with Crippen LogP contribution in [0.2, 0.25) is 0 Å². The Hall–Kier alpha value is -1.51. The molecule has 0 aliphatic heterocycles. The van der Waals surface area contributed by atoms with Crippen molar-refractivity contribution in [1.82, 2.24) is 9.78 Å². The lowest BCUT2D eigenvalue weighted by Gasteiger charge is -2.04. The molecule has 3 nitrogen and oxygen atoms in total. The number of nitrogens with zero attached hydrogens (tertiary/aromatic N) is 1. The van der Waals surface area contributed by atoms with Gasteiger partial charge in [-0.15, -0.1) is 0 Å². The lowest BCUT2D eigenvalue weighted by Crippen LogP contribution is -2.01. The first kappa shape index (κ1) is 9.06. The summed E-state index contributed by atoms with van der Waals surface area (Å²) in [6.45, 7) is 4.29. The van der Waals surface area contributed by atoms with E-state index in [1.807, 2.05) is 19.2 Å². The van der Waals surface area contributed by atoms with Gasteiger partial charge in [-0.05, 0) is 23.6 Å². The van der Waals surface area contributed by atoms with Crippen LogP contribution in [0.15, 0.2) is 23.0 Å². The molecular formula is C11H14N2O. The van der Waals surface area contributed by atoms with E-state index in [1.54, 1.807) is 4.68 Å². The molecular weight excluding hydrogens is 176 g/mol. The number of hydrogen-bond donors (Lipinski definition) is 1. The monoisotopic (exact) mass is 190 g/mol. The molecule has 0 fully saturated rings. The van der Waals surface area contributed by atoms with Crippen LogP contribution in [-0.2, 0) is 7.05 Å². The minimum absolute atomic E-state index is 0.0159. The number of fused-ring (bicyclic) bond motifs is 1. The standard InChI is InChI=1S/C11H14N2O/c1-7(2)8-4-5-9-10(6-8)13(3)12-11(9)14/h4-7H,1-3H3,(H,12,14). The molecule has 0 aliphatic rings. The topological polar surface area (TPSA) is 37.8 Å². The number of rotatable bonds is 1. The second kappa shape index (κ2) is 3.01. The Balaban J connectivity index is 2.77. The smallest absolute Gasteiger partial charge is 0.271 e. The highest BCUT2D eigenvalue weighted by atomic mass is 16.1. The molecule has 0 aliphatic carbocycles. The number of benzene rings is 1. The molecule has 2 rings (SSSR count). The number of H-pyrrole nitrogens is 1. The van der Waals surface area contributed by atoms with E-state index in [-0.39, 0.29) is 5.56 Å². The van der Waals surface area contributed by atoms with Gasteiger partial charge in [-0.25, -0.2) is 0 Å². The van der Waals surface area contributed by atoms with Gasteiger partial charge in [-0.1, -0.05) is 19.9 Å².